The first-order valence-corrected chi connectivity index (χ1v) is 11.3. The van der Waals surface area contributed by atoms with Gasteiger partial charge in [-0.3, -0.25) is 5.10 Å². The number of aromatic amines is 2. The molecular weight excluding hydrogens is 384 g/mol. The second-order valence-corrected chi connectivity index (χ2v) is 8.49. The molecule has 6 heteroatoms. The van der Waals surface area contributed by atoms with Gasteiger partial charge >= 0.3 is 0 Å². The van der Waals surface area contributed by atoms with Gasteiger partial charge in [-0.2, -0.15) is 5.10 Å². The molecule has 0 radical (unpaired) electrons. The van der Waals surface area contributed by atoms with Crippen LogP contribution in [0.25, 0.3) is 34.9 Å². The van der Waals surface area contributed by atoms with E-state index in [0.29, 0.717) is 0 Å². The first-order chi connectivity index (χ1) is 15.2. The van der Waals surface area contributed by atoms with Crippen LogP contribution in [-0.2, 0) is 0 Å². The van der Waals surface area contributed by atoms with Gasteiger partial charge in [-0.25, -0.2) is 4.98 Å². The van der Waals surface area contributed by atoms with Crippen LogP contribution in [-0.4, -0.2) is 46.3 Å². The van der Waals surface area contributed by atoms with Gasteiger partial charge in [0.25, 0.3) is 0 Å². The molecule has 5 heterocycles. The van der Waals surface area contributed by atoms with Gasteiger partial charge < -0.3 is 15.2 Å². The molecule has 2 aliphatic rings. The molecule has 0 aromatic carbocycles. The molecule has 0 saturated carbocycles. The van der Waals surface area contributed by atoms with Gasteiger partial charge in [0, 0.05) is 36.4 Å². The second-order valence-electron chi connectivity index (χ2n) is 8.49. The van der Waals surface area contributed by atoms with Crippen molar-refractivity contribution in [1.29, 1.82) is 0 Å². The fourth-order valence-corrected chi connectivity index (χ4v) is 4.56. The average molecular weight is 415 g/mol. The fraction of sp³-hybridized carbons (Fsp3) is 0.360. The molecule has 0 atom stereocenters. The first-order valence-electron chi connectivity index (χ1n) is 11.3. The Kier molecular flexibility index (Phi) is 5.47. The summed E-state index contributed by atoms with van der Waals surface area (Å²) in [5.74, 6) is 1.07. The van der Waals surface area contributed by atoms with Crippen LogP contribution < -0.4 is 20.8 Å². The third-order valence-electron chi connectivity index (χ3n) is 6.41. The highest BCUT2D eigenvalue weighted by Crippen LogP contribution is 2.29. The Labute approximate surface area is 182 Å². The van der Waals surface area contributed by atoms with Crippen molar-refractivity contribution < 1.29 is 0 Å². The van der Waals surface area contributed by atoms with Gasteiger partial charge in [0.1, 0.15) is 11.5 Å². The van der Waals surface area contributed by atoms with E-state index in [1.807, 2.05) is 12.3 Å². The highest BCUT2D eigenvalue weighted by atomic mass is 15.2. The summed E-state index contributed by atoms with van der Waals surface area (Å²) in [6, 6.07) is 4.20. The summed E-state index contributed by atoms with van der Waals surface area (Å²) in [6.07, 6.45) is 13.3. The maximum absolute atomic E-state index is 4.70. The van der Waals surface area contributed by atoms with Gasteiger partial charge in [-0.05, 0) is 68.5 Å². The predicted molar refractivity (Wildman–Crippen MR) is 128 cm³/mol. The lowest BCUT2D eigenvalue weighted by atomic mass is 10.0. The monoisotopic (exact) mass is 414 g/mol. The van der Waals surface area contributed by atoms with Crippen LogP contribution >= 0.6 is 0 Å². The summed E-state index contributed by atoms with van der Waals surface area (Å²) >= 11 is 0. The number of aromatic nitrogens is 4. The number of piperidine rings is 1. The molecular formula is C25H30N6. The summed E-state index contributed by atoms with van der Waals surface area (Å²) in [7, 11) is 0. The van der Waals surface area contributed by atoms with E-state index in [2.05, 4.69) is 63.2 Å². The van der Waals surface area contributed by atoms with Gasteiger partial charge in [0.15, 0.2) is 0 Å². The number of rotatable bonds is 4. The Hall–Kier alpha value is -3.12. The number of fused-ring (bicyclic) bond motifs is 1. The Morgan fingerprint density at radius 2 is 2.10 bits per heavy atom. The third-order valence-corrected chi connectivity index (χ3v) is 6.41. The van der Waals surface area contributed by atoms with E-state index in [1.54, 1.807) is 0 Å². The van der Waals surface area contributed by atoms with Crippen LogP contribution in [0, 0.1) is 0 Å². The second kappa shape index (κ2) is 8.55. The number of nitrogens with one attached hydrogen (secondary N) is 3. The van der Waals surface area contributed by atoms with Crippen molar-refractivity contribution in [3.63, 3.8) is 0 Å². The van der Waals surface area contributed by atoms with Crippen LogP contribution in [0.1, 0.15) is 32.6 Å². The maximum atomic E-state index is 4.70. The zero-order valence-electron chi connectivity index (χ0n) is 18.2. The molecule has 31 heavy (non-hydrogen) atoms. The number of hydrogen-bond donors (Lipinski definition) is 3. The van der Waals surface area contributed by atoms with Crippen molar-refractivity contribution in [2.24, 2.45) is 0 Å². The minimum atomic E-state index is 0.860. The van der Waals surface area contributed by atoms with Crippen molar-refractivity contribution in [1.82, 2.24) is 25.5 Å². The highest BCUT2D eigenvalue weighted by Gasteiger charge is 2.17. The molecule has 5 rings (SSSR count). The predicted octanol–water partition coefficient (Wildman–Crippen LogP) is 3.00. The van der Waals surface area contributed by atoms with Gasteiger partial charge in [0.05, 0.1) is 16.6 Å². The average Bonchev–Trinajstić information content (AvgIpc) is 3.41. The van der Waals surface area contributed by atoms with E-state index in [9.17, 15) is 0 Å². The Morgan fingerprint density at radius 3 is 2.90 bits per heavy atom. The van der Waals surface area contributed by atoms with Crippen LogP contribution in [0.3, 0.4) is 0 Å². The molecule has 0 amide bonds. The van der Waals surface area contributed by atoms with Crippen molar-refractivity contribution in [2.75, 3.05) is 31.1 Å². The third kappa shape index (κ3) is 3.95. The largest absolute Gasteiger partial charge is 0.356 e. The molecule has 0 aliphatic carbocycles. The van der Waals surface area contributed by atoms with E-state index in [-0.39, 0.29) is 0 Å². The van der Waals surface area contributed by atoms with E-state index in [1.165, 1.54) is 30.4 Å². The number of allylic oxidation sites excluding steroid dienone is 2. The molecule has 0 unspecified atom stereocenters. The molecule has 3 aromatic rings. The SMILES string of the molecule is C=c1c(-c2cc3c(N4CCCCC4)nccc3[nH]2)n[nH]/c1=C/C=C(\C)C1=CCNCC1. The molecule has 0 spiro atoms. The molecule has 0 bridgehead atoms. The lowest BCUT2D eigenvalue weighted by molar-refractivity contribution is 0.575. The minimum Gasteiger partial charge on any atom is -0.356 e. The van der Waals surface area contributed by atoms with Gasteiger partial charge in [-0.15, -0.1) is 0 Å². The van der Waals surface area contributed by atoms with Crippen LogP contribution in [0.4, 0.5) is 5.82 Å². The zero-order valence-corrected chi connectivity index (χ0v) is 18.2. The fourth-order valence-electron chi connectivity index (χ4n) is 4.56. The van der Waals surface area contributed by atoms with Crippen LogP contribution in [0.5, 0.6) is 0 Å². The number of hydrogen-bond acceptors (Lipinski definition) is 4. The van der Waals surface area contributed by atoms with E-state index in [4.69, 9.17) is 4.98 Å². The number of anilines is 1. The summed E-state index contributed by atoms with van der Waals surface area (Å²) in [6.45, 7) is 10.6. The van der Waals surface area contributed by atoms with E-state index >= 15 is 0 Å². The van der Waals surface area contributed by atoms with Crippen molar-refractivity contribution in [3.8, 4) is 11.4 Å². The number of nitrogens with zero attached hydrogens (tertiary/aromatic N) is 3. The van der Waals surface area contributed by atoms with Crippen LogP contribution in [0.2, 0.25) is 0 Å². The number of H-pyrrole nitrogens is 2. The van der Waals surface area contributed by atoms with Crippen molar-refractivity contribution in [3.05, 3.63) is 52.2 Å². The van der Waals surface area contributed by atoms with Crippen molar-refractivity contribution in [2.45, 2.75) is 32.6 Å². The molecule has 1 saturated heterocycles. The summed E-state index contributed by atoms with van der Waals surface area (Å²) in [5, 5.41) is 14.1. The lowest BCUT2D eigenvalue weighted by Gasteiger charge is -2.28. The van der Waals surface area contributed by atoms with E-state index < -0.39 is 0 Å². The van der Waals surface area contributed by atoms with E-state index in [0.717, 1.165) is 71.3 Å². The van der Waals surface area contributed by atoms with Crippen molar-refractivity contribution >= 4 is 29.4 Å². The highest BCUT2D eigenvalue weighted by molar-refractivity contribution is 5.94. The Bertz CT molecular complexity index is 1250. The quantitative estimate of drug-likeness (QED) is 0.614. The Balaban J connectivity index is 1.48. The van der Waals surface area contributed by atoms with Gasteiger partial charge in [0.2, 0.25) is 0 Å². The van der Waals surface area contributed by atoms with Crippen LogP contribution in [0.15, 0.2) is 41.6 Å². The smallest absolute Gasteiger partial charge is 0.137 e. The molecule has 1 fully saturated rings. The standard InChI is InChI=1S/C25H30N6/c1-17(19-8-11-26-12-9-19)6-7-21-18(2)24(30-29-21)23-16-20-22(28-23)10-13-27-25(20)31-14-4-3-5-15-31/h6-8,10,13,16,26,28-29H,2-5,9,11-12,14-15H2,1H3/b17-6+,21-7+. The topological polar surface area (TPSA) is 72.6 Å². The maximum Gasteiger partial charge on any atom is 0.137 e. The van der Waals surface area contributed by atoms with Gasteiger partial charge in [-0.1, -0.05) is 18.7 Å². The zero-order chi connectivity index (χ0) is 21.2. The molecule has 6 nitrogen and oxygen atoms in total. The Morgan fingerprint density at radius 1 is 1.23 bits per heavy atom. The summed E-state index contributed by atoms with van der Waals surface area (Å²) in [5.41, 5.74) is 5.63. The number of pyridine rings is 1. The molecule has 2 aliphatic heterocycles. The molecule has 160 valence electrons. The summed E-state index contributed by atoms with van der Waals surface area (Å²) < 4.78 is 0. The minimum absolute atomic E-state index is 0.860. The first kappa shape index (κ1) is 19.8. The molecule has 3 N–H and O–H groups in total. The lowest BCUT2D eigenvalue weighted by Crippen LogP contribution is -2.30. The normalized spacial score (nSPS) is 18.6. The molecule has 3 aromatic heterocycles. The summed E-state index contributed by atoms with van der Waals surface area (Å²) in [4.78, 5) is 10.6.